The molecule has 144 valence electrons. The maximum Gasteiger partial charge on any atom is 0.169 e. The van der Waals surface area contributed by atoms with Crippen LogP contribution < -0.4 is 5.49 Å². The van der Waals surface area contributed by atoms with Crippen molar-refractivity contribution in [3.63, 3.8) is 0 Å². The van der Waals surface area contributed by atoms with Crippen molar-refractivity contribution in [1.82, 2.24) is 9.97 Å². The molecule has 0 saturated heterocycles. The normalized spacial score (nSPS) is 15.2. The topological polar surface area (TPSA) is 59.5 Å². The highest BCUT2D eigenvalue weighted by atomic mass is 35.5. The van der Waals surface area contributed by atoms with Crippen molar-refractivity contribution in [3.8, 4) is 0 Å². The average Bonchev–Trinajstić information content (AvgIpc) is 2.62. The minimum atomic E-state index is -0.112. The molecule has 1 rings (SSSR count). The van der Waals surface area contributed by atoms with Gasteiger partial charge < -0.3 is 14.5 Å². The molecule has 0 aliphatic rings. The predicted octanol–water partition coefficient (Wildman–Crippen LogP) is 4.65. The summed E-state index contributed by atoms with van der Waals surface area (Å²) in [5.74, 6) is 0. The number of halogens is 1. The van der Waals surface area contributed by atoms with Crippen molar-refractivity contribution in [2.45, 2.75) is 85.0 Å². The number of hydrogen-bond acceptors (Lipinski definition) is 4. The Morgan fingerprint density at radius 1 is 1.24 bits per heavy atom. The molecule has 0 aliphatic heterocycles. The van der Waals surface area contributed by atoms with Gasteiger partial charge in [0.15, 0.2) is 11.8 Å². The second-order valence-electron chi connectivity index (χ2n) is 6.11. The fraction of sp³-hybridized carbons (Fsp3) is 0.789. The number of nitrogens with one attached hydrogen (secondary N) is 1. The minimum Gasteiger partial charge on any atom is -0.353 e. The molecule has 0 aliphatic carbocycles. The van der Waals surface area contributed by atoms with Crippen LogP contribution in [0.2, 0.25) is 5.02 Å². The Balaban J connectivity index is 2.41. The fourth-order valence-corrected chi connectivity index (χ4v) is 2.89. The van der Waals surface area contributed by atoms with Crippen molar-refractivity contribution in [2.75, 3.05) is 13.2 Å². The third kappa shape index (κ3) is 8.84. The number of aromatic nitrogens is 2. The molecule has 5 nitrogen and oxygen atoms in total. The summed E-state index contributed by atoms with van der Waals surface area (Å²) in [5, 5.41) is 0.544. The summed E-state index contributed by atoms with van der Waals surface area (Å²) in [4.78, 5) is 11.7. The Hall–Kier alpha value is -0.910. The fourth-order valence-electron chi connectivity index (χ4n) is 2.62. The largest absolute Gasteiger partial charge is 0.353 e. The standard InChI is InChI=1S/C19H34ClN3O2/c1-5-16(23-19-18(20)17(6-2)21-14-22-19)12-10-8-9-11-13-25-15(4)24-7-3/h14-16H,5-13H2,1-4H3,(H,21,22,23)/i14D. The van der Waals surface area contributed by atoms with Crippen molar-refractivity contribution in [1.29, 1.82) is 0 Å². The van der Waals surface area contributed by atoms with Crippen molar-refractivity contribution < 1.29 is 10.8 Å². The zero-order valence-corrected chi connectivity index (χ0v) is 16.9. The van der Waals surface area contributed by atoms with E-state index in [0.717, 1.165) is 57.2 Å². The quantitative estimate of drug-likeness (QED) is 0.405. The molecule has 0 bridgehead atoms. The first-order valence-electron chi connectivity index (χ1n) is 10.0. The molecule has 6 heteroatoms. The van der Waals surface area contributed by atoms with Gasteiger partial charge in [0.05, 0.1) is 12.3 Å². The van der Waals surface area contributed by atoms with Gasteiger partial charge in [-0.3, -0.25) is 4.99 Å². The molecule has 2 atom stereocenters. The lowest BCUT2D eigenvalue weighted by Crippen LogP contribution is -2.17. The summed E-state index contributed by atoms with van der Waals surface area (Å²) < 4.78 is 18.7. The van der Waals surface area contributed by atoms with Crippen LogP contribution in [0.4, 0.5) is 0 Å². The van der Waals surface area contributed by atoms with E-state index in [1.807, 2.05) is 20.8 Å². The summed E-state index contributed by atoms with van der Waals surface area (Å²) in [5.41, 5.74) is 1.32. The molecular weight excluding hydrogens is 338 g/mol. The summed E-state index contributed by atoms with van der Waals surface area (Å²) in [7, 11) is 0. The summed E-state index contributed by atoms with van der Waals surface area (Å²) in [6, 6.07) is 0.195. The number of hydrogen-bond donors (Lipinski definition) is 1. The molecule has 1 aromatic heterocycles. The van der Waals surface area contributed by atoms with Crippen LogP contribution in [-0.2, 0) is 15.9 Å². The van der Waals surface area contributed by atoms with Crippen LogP contribution in [0.3, 0.4) is 0 Å². The number of aryl methyl sites for hydroxylation is 1. The maximum absolute atomic E-state index is 7.76. The number of unbranched alkanes of at least 4 members (excludes halogenated alkanes) is 3. The van der Waals surface area contributed by atoms with Gasteiger partial charge in [-0.1, -0.05) is 44.7 Å². The second-order valence-corrected chi connectivity index (χ2v) is 6.48. The Morgan fingerprint density at radius 3 is 2.68 bits per heavy atom. The molecule has 0 saturated carbocycles. The van der Waals surface area contributed by atoms with Gasteiger partial charge in [0.1, 0.15) is 6.39 Å². The molecule has 0 fully saturated rings. The van der Waals surface area contributed by atoms with Crippen molar-refractivity contribution in [2.24, 2.45) is 4.99 Å². The van der Waals surface area contributed by atoms with Gasteiger partial charge in [0, 0.05) is 18.9 Å². The first-order chi connectivity index (χ1) is 12.5. The van der Waals surface area contributed by atoms with E-state index >= 15 is 0 Å². The van der Waals surface area contributed by atoms with Gasteiger partial charge in [0.25, 0.3) is 0 Å². The zero-order valence-electron chi connectivity index (χ0n) is 17.1. The molecule has 0 spiro atoms. The van der Waals surface area contributed by atoms with E-state index in [0.29, 0.717) is 17.1 Å². The molecule has 1 aromatic rings. The zero-order chi connectivity index (χ0) is 19.4. The van der Waals surface area contributed by atoms with E-state index in [1.54, 1.807) is 0 Å². The maximum atomic E-state index is 7.76. The van der Waals surface area contributed by atoms with Crippen LogP contribution in [0.25, 0.3) is 0 Å². The van der Waals surface area contributed by atoms with Gasteiger partial charge >= 0.3 is 0 Å². The molecule has 25 heavy (non-hydrogen) atoms. The van der Waals surface area contributed by atoms with Gasteiger partial charge in [-0.25, -0.2) is 4.98 Å². The number of rotatable bonds is 13. The number of H-pyrrole nitrogens is 1. The highest BCUT2D eigenvalue weighted by molar-refractivity contribution is 6.30. The van der Waals surface area contributed by atoms with E-state index in [-0.39, 0.29) is 18.6 Å². The second kappa shape index (κ2) is 13.3. The summed E-state index contributed by atoms with van der Waals surface area (Å²) >= 11 is 6.35. The summed E-state index contributed by atoms with van der Waals surface area (Å²) in [6.07, 6.45) is 7.16. The van der Waals surface area contributed by atoms with E-state index < -0.39 is 0 Å². The average molecular weight is 373 g/mol. The summed E-state index contributed by atoms with van der Waals surface area (Å²) in [6.45, 7) is 9.46. The van der Waals surface area contributed by atoms with Gasteiger partial charge in [-0.05, 0) is 39.5 Å². The van der Waals surface area contributed by atoms with Crippen LogP contribution >= 0.6 is 11.6 Å². The number of aromatic amines is 1. The van der Waals surface area contributed by atoms with Crippen LogP contribution in [-0.4, -0.2) is 35.5 Å². The molecule has 0 radical (unpaired) electrons. The number of nitrogens with zero attached hydrogens (tertiary/aromatic N) is 2. The van der Waals surface area contributed by atoms with E-state index in [2.05, 4.69) is 16.9 Å². The minimum absolute atomic E-state index is 0.112. The highest BCUT2D eigenvalue weighted by Crippen LogP contribution is 2.12. The van der Waals surface area contributed by atoms with Gasteiger partial charge in [0.2, 0.25) is 0 Å². The Labute approximate surface area is 158 Å². The monoisotopic (exact) mass is 372 g/mol. The third-order valence-electron chi connectivity index (χ3n) is 4.15. The molecule has 0 aromatic carbocycles. The van der Waals surface area contributed by atoms with E-state index in [1.165, 1.54) is 0 Å². The third-order valence-corrected chi connectivity index (χ3v) is 4.54. The van der Waals surface area contributed by atoms with Crippen molar-refractivity contribution in [3.05, 3.63) is 22.5 Å². The molecule has 1 N–H and O–H groups in total. The van der Waals surface area contributed by atoms with Crippen LogP contribution in [0.15, 0.2) is 11.3 Å². The Kier molecular flexibility index (Phi) is 10.9. The van der Waals surface area contributed by atoms with E-state index in [4.69, 9.17) is 27.4 Å². The Morgan fingerprint density at radius 2 is 2.00 bits per heavy atom. The van der Waals surface area contributed by atoms with Crippen LogP contribution in [0.5, 0.6) is 0 Å². The van der Waals surface area contributed by atoms with Crippen molar-refractivity contribution >= 4 is 11.6 Å². The highest BCUT2D eigenvalue weighted by Gasteiger charge is 2.07. The van der Waals surface area contributed by atoms with Crippen LogP contribution in [0.1, 0.15) is 73.3 Å². The first-order valence-corrected chi connectivity index (χ1v) is 9.91. The molecule has 0 amide bonds. The van der Waals surface area contributed by atoms with Gasteiger partial charge in [-0.2, -0.15) is 0 Å². The lowest BCUT2D eigenvalue weighted by Gasteiger charge is -2.13. The molecular formula is C19H34ClN3O2. The van der Waals surface area contributed by atoms with Crippen LogP contribution in [0, 0.1) is 0 Å². The Bertz CT molecular complexity index is 580. The predicted molar refractivity (Wildman–Crippen MR) is 103 cm³/mol. The molecule has 1 heterocycles. The number of ether oxygens (including phenoxy) is 2. The van der Waals surface area contributed by atoms with Gasteiger partial charge in [-0.15, -0.1) is 0 Å². The lowest BCUT2D eigenvalue weighted by molar-refractivity contribution is -0.127. The lowest BCUT2D eigenvalue weighted by atomic mass is 10.1. The molecule has 2 unspecified atom stereocenters. The SMILES string of the molecule is [2H]c1nc(=NC(CC)CCCCCCOC(C)OCC)c(Cl)c(CC)[nH]1. The van der Waals surface area contributed by atoms with E-state index in [9.17, 15) is 0 Å². The first kappa shape index (κ1) is 20.4. The smallest absolute Gasteiger partial charge is 0.169 e.